The monoisotopic (exact) mass is 877 g/mol. The molecular formula is C46H59N11O7. The molecule has 18 heteroatoms. The number of nitrogens with two attached hydrogens (primary N) is 3. The largest absolute Gasteiger partial charge is 0.370 e. The number of nitrogens with one attached hydrogen (secondary N) is 6. The van der Waals surface area contributed by atoms with E-state index in [2.05, 4.69) is 36.6 Å². The highest BCUT2D eigenvalue weighted by Gasteiger charge is 2.37. The first kappa shape index (κ1) is 46.5. The average Bonchev–Trinajstić information content (AvgIpc) is 3.94. The second-order valence-electron chi connectivity index (χ2n) is 16.5. The van der Waals surface area contributed by atoms with Crippen molar-refractivity contribution in [2.75, 3.05) is 19.6 Å². The van der Waals surface area contributed by atoms with Gasteiger partial charge in [0.2, 0.25) is 41.4 Å². The second-order valence-corrected chi connectivity index (χ2v) is 16.5. The second kappa shape index (κ2) is 22.4. The molecule has 4 aromatic rings. The maximum atomic E-state index is 14.6. The van der Waals surface area contributed by atoms with Crippen molar-refractivity contribution < 1.29 is 33.6 Å². The third-order valence-electron chi connectivity index (χ3n) is 11.8. The molecule has 0 spiro atoms. The Balaban J connectivity index is 1.33. The Bertz CT molecular complexity index is 2360. The molecule has 0 radical (unpaired) electrons. The Labute approximate surface area is 371 Å². The third kappa shape index (κ3) is 12.8. The summed E-state index contributed by atoms with van der Waals surface area (Å²) in [6, 6.07) is 15.3. The van der Waals surface area contributed by atoms with E-state index in [9.17, 15) is 33.6 Å². The summed E-state index contributed by atoms with van der Waals surface area (Å²) in [5.74, 6) is -4.01. The molecule has 1 aromatic heterocycles. The molecule has 18 nitrogen and oxygen atoms in total. The number of carbonyl (C=O) groups is 7. The van der Waals surface area contributed by atoms with Gasteiger partial charge in [-0.1, -0.05) is 60.7 Å². The van der Waals surface area contributed by atoms with Crippen LogP contribution >= 0.6 is 0 Å². The summed E-state index contributed by atoms with van der Waals surface area (Å²) in [6.45, 7) is 0.785. The van der Waals surface area contributed by atoms with Gasteiger partial charge in [-0.15, -0.1) is 0 Å². The van der Waals surface area contributed by atoms with Gasteiger partial charge in [0.1, 0.15) is 30.2 Å². The minimum absolute atomic E-state index is 0.00498. The number of rotatable bonds is 9. The van der Waals surface area contributed by atoms with E-state index in [-0.39, 0.29) is 75.7 Å². The molecule has 2 saturated heterocycles. The quantitative estimate of drug-likeness (QED) is 0.0659. The molecule has 340 valence electrons. The first-order valence-electron chi connectivity index (χ1n) is 22.0. The van der Waals surface area contributed by atoms with Crippen LogP contribution in [0.2, 0.25) is 0 Å². The van der Waals surface area contributed by atoms with E-state index >= 15 is 0 Å². The van der Waals surface area contributed by atoms with Crippen molar-refractivity contribution in [3.63, 3.8) is 0 Å². The molecule has 3 aromatic carbocycles. The van der Waals surface area contributed by atoms with Crippen LogP contribution in [-0.4, -0.2) is 107 Å². The van der Waals surface area contributed by atoms with Gasteiger partial charge < -0.3 is 53.7 Å². The molecular weight excluding hydrogens is 819 g/mol. The number of para-hydroxylation sites is 1. The zero-order valence-electron chi connectivity index (χ0n) is 35.9. The zero-order valence-corrected chi connectivity index (χ0v) is 35.9. The SMILES string of the molecule is NC(=O)[C@@H]1CCCCNC(=O)CCCC(=O)N2CCC[C@H]2C(=O)N[C@H](Cc2ccc3ccccc3c2)C(=O)N[C@@H](CCCN=C(N)N)C(=O)N[C@@H](Cc2c[nH]c3ccccc23)C(=O)N1. The van der Waals surface area contributed by atoms with Gasteiger partial charge in [-0.2, -0.15) is 0 Å². The number of hydrogen-bond acceptors (Lipinski definition) is 8. The minimum Gasteiger partial charge on any atom is -0.370 e. The number of benzene rings is 3. The Morgan fingerprint density at radius 2 is 1.41 bits per heavy atom. The highest BCUT2D eigenvalue weighted by molar-refractivity contribution is 5.97. The van der Waals surface area contributed by atoms with Crippen LogP contribution in [0.25, 0.3) is 21.7 Å². The lowest BCUT2D eigenvalue weighted by Crippen LogP contribution is -2.59. The topological polar surface area (TPSA) is 289 Å². The van der Waals surface area contributed by atoms with Gasteiger partial charge in [0, 0.05) is 62.4 Å². The predicted octanol–water partition coefficient (Wildman–Crippen LogP) is 1.05. The number of guanidine groups is 1. The number of aliphatic imine (C=N–C) groups is 1. The lowest BCUT2D eigenvalue weighted by molar-refractivity contribution is -0.140. The summed E-state index contributed by atoms with van der Waals surface area (Å²) in [4.78, 5) is 105. The number of nitrogens with zero attached hydrogens (tertiary/aromatic N) is 2. The van der Waals surface area contributed by atoms with Crippen LogP contribution < -0.4 is 43.8 Å². The molecule has 0 saturated carbocycles. The molecule has 0 bridgehead atoms. The summed E-state index contributed by atoms with van der Waals surface area (Å²) in [7, 11) is 0. The van der Waals surface area contributed by atoms with E-state index in [0.29, 0.717) is 44.3 Å². The van der Waals surface area contributed by atoms with Gasteiger partial charge in [0.15, 0.2) is 5.96 Å². The van der Waals surface area contributed by atoms with Gasteiger partial charge in [0.05, 0.1) is 0 Å². The average molecular weight is 878 g/mol. The summed E-state index contributed by atoms with van der Waals surface area (Å²) < 4.78 is 0. The number of aromatic nitrogens is 1. The molecule has 2 fully saturated rings. The number of fused-ring (bicyclic) bond motifs is 3. The number of carbonyl (C=O) groups excluding carboxylic acids is 7. The molecule has 3 heterocycles. The smallest absolute Gasteiger partial charge is 0.243 e. The van der Waals surface area contributed by atoms with E-state index in [1.807, 2.05) is 66.7 Å². The standard InChI is InChI=1S/C46H59N11O7/c47-41(60)34-14-5-6-21-50-39(58)17-7-18-40(59)57-23-9-16-38(57)45(64)56-36(25-28-19-20-29-10-1-2-11-30(29)24-28)43(62)54-35(15-8-22-51-46(48)49)42(61)55-37(44(63)53-34)26-31-27-52-33-13-4-3-12-32(31)33/h1-4,10-13,19-20,24,27,34-38,52H,5-9,14-18,21-23,25-26H2,(H2,47,60)(H,50,58)(H,53,63)(H,54,62)(H,55,61)(H,56,64)(H4,48,49,51)/t34-,35-,36+,37-,38-/m0/s1. The number of aromatic amines is 1. The van der Waals surface area contributed by atoms with Crippen molar-refractivity contribution in [2.45, 2.75) is 107 Å². The molecule has 6 rings (SSSR count). The molecule has 12 N–H and O–H groups in total. The van der Waals surface area contributed by atoms with Crippen molar-refractivity contribution in [1.29, 1.82) is 0 Å². The van der Waals surface area contributed by atoms with Crippen LogP contribution in [-0.2, 0) is 46.4 Å². The fraction of sp³-hybridized carbons (Fsp3) is 0.435. The van der Waals surface area contributed by atoms with E-state index in [1.54, 1.807) is 6.20 Å². The Morgan fingerprint density at radius 1 is 0.703 bits per heavy atom. The van der Waals surface area contributed by atoms with Crippen LogP contribution in [0.3, 0.4) is 0 Å². The van der Waals surface area contributed by atoms with Gasteiger partial charge in [-0.05, 0) is 79.3 Å². The third-order valence-corrected chi connectivity index (χ3v) is 11.8. The summed E-state index contributed by atoms with van der Waals surface area (Å²) in [5.41, 5.74) is 19.2. The van der Waals surface area contributed by atoms with Crippen LogP contribution in [0.5, 0.6) is 0 Å². The molecule has 2 aliphatic heterocycles. The number of primary amides is 1. The number of H-pyrrole nitrogens is 1. The molecule has 2 aliphatic rings. The summed E-state index contributed by atoms with van der Waals surface area (Å²) in [5, 5.41) is 16.9. The lowest BCUT2D eigenvalue weighted by Gasteiger charge is -2.28. The molecule has 5 atom stereocenters. The van der Waals surface area contributed by atoms with E-state index in [1.165, 1.54) is 4.90 Å². The van der Waals surface area contributed by atoms with Gasteiger partial charge >= 0.3 is 0 Å². The first-order valence-corrected chi connectivity index (χ1v) is 22.0. The first-order chi connectivity index (χ1) is 30.9. The minimum atomic E-state index is -1.24. The highest BCUT2D eigenvalue weighted by Crippen LogP contribution is 2.22. The Kier molecular flexibility index (Phi) is 16.3. The molecule has 7 amide bonds. The predicted molar refractivity (Wildman–Crippen MR) is 242 cm³/mol. The van der Waals surface area contributed by atoms with Gasteiger partial charge in [-0.25, -0.2) is 0 Å². The summed E-state index contributed by atoms with van der Waals surface area (Å²) in [6.07, 6.45) is 4.53. The number of amides is 7. The van der Waals surface area contributed by atoms with Crippen LogP contribution in [0.1, 0.15) is 75.3 Å². The normalized spacial score (nSPS) is 22.6. The van der Waals surface area contributed by atoms with E-state index in [4.69, 9.17) is 17.2 Å². The van der Waals surface area contributed by atoms with Crippen molar-refractivity contribution in [2.24, 2.45) is 22.2 Å². The van der Waals surface area contributed by atoms with Crippen molar-refractivity contribution >= 4 is 69.0 Å². The van der Waals surface area contributed by atoms with Crippen LogP contribution in [0.4, 0.5) is 0 Å². The molecule has 0 aliphatic carbocycles. The summed E-state index contributed by atoms with van der Waals surface area (Å²) >= 11 is 0. The molecule has 0 unspecified atom stereocenters. The van der Waals surface area contributed by atoms with Crippen LogP contribution in [0.15, 0.2) is 77.9 Å². The van der Waals surface area contributed by atoms with Gasteiger partial charge in [0.25, 0.3) is 0 Å². The van der Waals surface area contributed by atoms with Crippen molar-refractivity contribution in [3.8, 4) is 0 Å². The number of hydrogen-bond donors (Lipinski definition) is 9. The zero-order chi connectivity index (χ0) is 45.6. The fourth-order valence-corrected chi connectivity index (χ4v) is 8.35. The maximum absolute atomic E-state index is 14.6. The van der Waals surface area contributed by atoms with E-state index < -0.39 is 59.7 Å². The Morgan fingerprint density at radius 3 is 2.20 bits per heavy atom. The van der Waals surface area contributed by atoms with E-state index in [0.717, 1.165) is 27.2 Å². The highest BCUT2D eigenvalue weighted by atomic mass is 16.2. The Hall–Kier alpha value is -6.98. The fourth-order valence-electron chi connectivity index (χ4n) is 8.35. The van der Waals surface area contributed by atoms with Crippen molar-refractivity contribution in [3.05, 3.63) is 84.1 Å². The maximum Gasteiger partial charge on any atom is 0.243 e. The lowest BCUT2D eigenvalue weighted by atomic mass is 9.99. The molecule has 64 heavy (non-hydrogen) atoms. The van der Waals surface area contributed by atoms with Gasteiger partial charge in [-0.3, -0.25) is 38.6 Å². The van der Waals surface area contributed by atoms with Crippen molar-refractivity contribution in [1.82, 2.24) is 36.5 Å². The van der Waals surface area contributed by atoms with Crippen LogP contribution in [0, 0.1) is 0 Å².